The molecule has 0 aliphatic carbocycles. The number of aromatic nitrogens is 2. The first-order chi connectivity index (χ1) is 13.1. The van der Waals surface area contributed by atoms with Crippen molar-refractivity contribution in [3.63, 3.8) is 0 Å². The van der Waals surface area contributed by atoms with Crippen LogP contribution in [0, 0.1) is 0 Å². The van der Waals surface area contributed by atoms with Crippen LogP contribution >= 0.6 is 0 Å². The lowest BCUT2D eigenvalue weighted by Crippen LogP contribution is -2.44. The monoisotopic (exact) mass is 370 g/mol. The molecule has 2 aliphatic rings. The summed E-state index contributed by atoms with van der Waals surface area (Å²) in [6, 6.07) is 5.28. The molecule has 0 bridgehead atoms. The molecule has 0 N–H and O–H groups in total. The summed E-state index contributed by atoms with van der Waals surface area (Å²) < 4.78 is 16.8. The third-order valence-corrected chi connectivity index (χ3v) is 4.63. The number of ether oxygens (including phenoxy) is 3. The minimum atomic E-state index is -0.118. The molecule has 1 atom stereocenters. The maximum Gasteiger partial charge on any atom is 0.257 e. The van der Waals surface area contributed by atoms with Gasteiger partial charge in [0, 0.05) is 38.6 Å². The van der Waals surface area contributed by atoms with Crippen molar-refractivity contribution in [2.45, 2.75) is 18.9 Å². The van der Waals surface area contributed by atoms with Gasteiger partial charge in [-0.25, -0.2) is 9.97 Å². The summed E-state index contributed by atoms with van der Waals surface area (Å²) in [5.74, 6) is 2.42. The Kier molecular flexibility index (Phi) is 4.70. The summed E-state index contributed by atoms with van der Waals surface area (Å²) in [5.41, 5.74) is 0.591. The Morgan fingerprint density at radius 1 is 1.22 bits per heavy atom. The molecule has 0 spiro atoms. The number of amides is 1. The highest BCUT2D eigenvalue weighted by atomic mass is 16.7. The van der Waals surface area contributed by atoms with Gasteiger partial charge in [-0.15, -0.1) is 0 Å². The molecule has 0 saturated carbocycles. The van der Waals surface area contributed by atoms with Crippen LogP contribution in [0.3, 0.4) is 0 Å². The maximum absolute atomic E-state index is 12.9. The third-order valence-electron chi connectivity index (χ3n) is 4.63. The lowest BCUT2D eigenvalue weighted by Gasteiger charge is -2.33. The van der Waals surface area contributed by atoms with Gasteiger partial charge in [-0.05, 0) is 31.0 Å². The van der Waals surface area contributed by atoms with Gasteiger partial charge in [0.05, 0.1) is 6.54 Å². The first-order valence-corrected chi connectivity index (χ1v) is 8.96. The van der Waals surface area contributed by atoms with Crippen molar-refractivity contribution in [3.05, 3.63) is 36.2 Å². The van der Waals surface area contributed by atoms with Gasteiger partial charge < -0.3 is 24.0 Å². The Morgan fingerprint density at radius 2 is 2.04 bits per heavy atom. The number of nitrogens with zero attached hydrogens (tertiary/aromatic N) is 4. The first-order valence-electron chi connectivity index (χ1n) is 8.96. The molecule has 8 heteroatoms. The third kappa shape index (κ3) is 3.60. The highest BCUT2D eigenvalue weighted by molar-refractivity contribution is 5.95. The van der Waals surface area contributed by atoms with E-state index < -0.39 is 0 Å². The Balaban J connectivity index is 1.46. The van der Waals surface area contributed by atoms with Crippen LogP contribution in [0.5, 0.6) is 17.4 Å². The molecular formula is C19H22N4O4. The van der Waals surface area contributed by atoms with Gasteiger partial charge in [0.25, 0.3) is 11.8 Å². The molecule has 1 fully saturated rings. The predicted octanol–water partition coefficient (Wildman–Crippen LogP) is 1.95. The SMILES string of the molecule is CN(C)c1nccnc1OC1CCCN(C(=O)c2ccc3c(c2)OCO3)C1. The largest absolute Gasteiger partial charge is 0.470 e. The van der Waals surface area contributed by atoms with Crippen LogP contribution in [0.2, 0.25) is 0 Å². The zero-order valence-corrected chi connectivity index (χ0v) is 15.4. The summed E-state index contributed by atoms with van der Waals surface area (Å²) >= 11 is 0. The molecule has 4 rings (SSSR count). The molecule has 1 amide bonds. The van der Waals surface area contributed by atoms with Gasteiger partial charge in [-0.2, -0.15) is 0 Å². The molecule has 8 nitrogen and oxygen atoms in total. The topological polar surface area (TPSA) is 77.0 Å². The second-order valence-electron chi connectivity index (χ2n) is 6.78. The number of hydrogen-bond donors (Lipinski definition) is 0. The number of piperidine rings is 1. The van der Waals surface area contributed by atoms with E-state index in [-0.39, 0.29) is 18.8 Å². The predicted molar refractivity (Wildman–Crippen MR) is 98.5 cm³/mol. The summed E-state index contributed by atoms with van der Waals surface area (Å²) in [4.78, 5) is 25.2. The van der Waals surface area contributed by atoms with Crippen LogP contribution in [0.25, 0.3) is 0 Å². The Bertz CT molecular complexity index is 842. The summed E-state index contributed by atoms with van der Waals surface area (Å²) in [6.45, 7) is 1.41. The summed E-state index contributed by atoms with van der Waals surface area (Å²) in [6.07, 6.45) is 4.87. The van der Waals surface area contributed by atoms with E-state index in [2.05, 4.69) is 9.97 Å². The van der Waals surface area contributed by atoms with E-state index in [9.17, 15) is 4.79 Å². The van der Waals surface area contributed by atoms with E-state index in [0.717, 1.165) is 12.8 Å². The van der Waals surface area contributed by atoms with Crippen LogP contribution in [0.4, 0.5) is 5.82 Å². The summed E-state index contributed by atoms with van der Waals surface area (Å²) in [7, 11) is 3.79. The number of carbonyl (C=O) groups is 1. The van der Waals surface area contributed by atoms with E-state index in [1.54, 1.807) is 30.6 Å². The molecule has 142 valence electrons. The van der Waals surface area contributed by atoms with Crippen LogP contribution in [-0.4, -0.2) is 60.9 Å². The molecule has 1 aromatic carbocycles. The van der Waals surface area contributed by atoms with E-state index in [1.807, 2.05) is 23.9 Å². The molecule has 0 radical (unpaired) electrons. The van der Waals surface area contributed by atoms with Crippen molar-refractivity contribution in [3.8, 4) is 17.4 Å². The second-order valence-corrected chi connectivity index (χ2v) is 6.78. The van der Waals surface area contributed by atoms with E-state index >= 15 is 0 Å². The minimum Gasteiger partial charge on any atom is -0.470 e. The van der Waals surface area contributed by atoms with E-state index in [1.165, 1.54) is 0 Å². The maximum atomic E-state index is 12.9. The highest BCUT2D eigenvalue weighted by Crippen LogP contribution is 2.33. The van der Waals surface area contributed by atoms with Gasteiger partial charge in [-0.3, -0.25) is 4.79 Å². The molecular weight excluding hydrogens is 348 g/mol. The fourth-order valence-electron chi connectivity index (χ4n) is 3.30. The van der Waals surface area contributed by atoms with Crippen molar-refractivity contribution in [1.29, 1.82) is 0 Å². The normalized spacial score (nSPS) is 18.3. The second kappa shape index (κ2) is 7.30. The molecule has 1 saturated heterocycles. The van der Waals surface area contributed by atoms with Crippen LogP contribution in [0.1, 0.15) is 23.2 Å². The molecule has 1 unspecified atom stereocenters. The van der Waals surface area contributed by atoms with Crippen molar-refractivity contribution in [2.24, 2.45) is 0 Å². The number of rotatable bonds is 4. The van der Waals surface area contributed by atoms with Gasteiger partial charge in [0.1, 0.15) is 6.10 Å². The summed E-state index contributed by atoms with van der Waals surface area (Å²) in [5, 5.41) is 0. The highest BCUT2D eigenvalue weighted by Gasteiger charge is 2.28. The van der Waals surface area contributed by atoms with Crippen molar-refractivity contribution in [1.82, 2.24) is 14.9 Å². The number of fused-ring (bicyclic) bond motifs is 1. The average molecular weight is 370 g/mol. The number of likely N-dealkylation sites (tertiary alicyclic amines) is 1. The van der Waals surface area contributed by atoms with Crippen LogP contribution in [-0.2, 0) is 0 Å². The van der Waals surface area contributed by atoms with Crippen molar-refractivity contribution in [2.75, 3.05) is 38.9 Å². The molecule has 1 aromatic heterocycles. The van der Waals surface area contributed by atoms with E-state index in [0.29, 0.717) is 41.8 Å². The van der Waals surface area contributed by atoms with Gasteiger partial charge in [0.2, 0.25) is 6.79 Å². The fraction of sp³-hybridized carbons (Fsp3) is 0.421. The Hall–Kier alpha value is -3.03. The van der Waals surface area contributed by atoms with E-state index in [4.69, 9.17) is 14.2 Å². The van der Waals surface area contributed by atoms with Gasteiger partial charge in [-0.1, -0.05) is 0 Å². The average Bonchev–Trinajstić information content (AvgIpc) is 3.15. The standard InChI is InChI=1S/C19H22N4O4/c1-22(2)17-18(21-8-7-20-17)27-14-4-3-9-23(11-14)19(24)13-5-6-15-16(10-13)26-12-25-15/h5-8,10,14H,3-4,9,11-12H2,1-2H3. The Labute approximate surface area is 157 Å². The van der Waals surface area contributed by atoms with Crippen LogP contribution in [0.15, 0.2) is 30.6 Å². The molecule has 3 heterocycles. The number of anilines is 1. The number of benzene rings is 1. The Morgan fingerprint density at radius 3 is 2.89 bits per heavy atom. The lowest BCUT2D eigenvalue weighted by molar-refractivity contribution is 0.0528. The smallest absolute Gasteiger partial charge is 0.257 e. The molecule has 2 aromatic rings. The first kappa shape index (κ1) is 17.4. The van der Waals surface area contributed by atoms with Crippen molar-refractivity contribution >= 4 is 11.7 Å². The number of carbonyl (C=O) groups excluding carboxylic acids is 1. The quantitative estimate of drug-likeness (QED) is 0.814. The molecule has 2 aliphatic heterocycles. The van der Waals surface area contributed by atoms with Crippen molar-refractivity contribution < 1.29 is 19.0 Å². The molecule has 27 heavy (non-hydrogen) atoms. The minimum absolute atomic E-state index is 0.0337. The number of hydrogen-bond acceptors (Lipinski definition) is 7. The van der Waals surface area contributed by atoms with Gasteiger partial charge >= 0.3 is 0 Å². The van der Waals surface area contributed by atoms with Gasteiger partial charge in [0.15, 0.2) is 17.3 Å². The lowest BCUT2D eigenvalue weighted by atomic mass is 10.1. The van der Waals surface area contributed by atoms with Crippen LogP contribution < -0.4 is 19.1 Å². The zero-order valence-electron chi connectivity index (χ0n) is 15.4. The fourth-order valence-corrected chi connectivity index (χ4v) is 3.30. The zero-order chi connectivity index (χ0) is 18.8.